The molecule has 2 N–H and O–H groups in total. The van der Waals surface area contributed by atoms with Crippen molar-refractivity contribution in [1.82, 2.24) is 4.90 Å². The summed E-state index contributed by atoms with van der Waals surface area (Å²) in [6.07, 6.45) is 0. The van der Waals surface area contributed by atoms with Crippen LogP contribution in [-0.2, 0) is 0 Å². The van der Waals surface area contributed by atoms with Crippen LogP contribution in [0.1, 0.15) is 0 Å². The van der Waals surface area contributed by atoms with Crippen molar-refractivity contribution in [3.63, 3.8) is 0 Å². The predicted molar refractivity (Wildman–Crippen MR) is 30.4 cm³/mol. The van der Waals surface area contributed by atoms with Crippen molar-refractivity contribution in [2.24, 2.45) is 5.73 Å². The molecule has 0 unspecified atom stereocenters. The van der Waals surface area contributed by atoms with Crippen LogP contribution in [0.2, 0.25) is 0 Å². The Hall–Kier alpha value is -0.150. The average molecular weight is 118 g/mol. The van der Waals surface area contributed by atoms with Crippen molar-refractivity contribution in [3.8, 4) is 0 Å². The Labute approximate surface area is 48.5 Å². The summed E-state index contributed by atoms with van der Waals surface area (Å²) in [4.78, 5) is 1.91. The van der Waals surface area contributed by atoms with Crippen LogP contribution in [0.5, 0.6) is 0 Å². The normalized spacial score (nSPS) is 27.4. The number of hydrogen-bond donors (Lipinski definition) is 1. The first kappa shape index (κ1) is 5.98. The molecule has 2 nitrogen and oxygen atoms in total. The Morgan fingerprint density at radius 1 is 1.75 bits per heavy atom. The van der Waals surface area contributed by atoms with Gasteiger partial charge in [-0.15, -0.1) is 0 Å². The minimum atomic E-state index is -1.06. The quantitative estimate of drug-likeness (QED) is 0.507. The van der Waals surface area contributed by atoms with Crippen molar-refractivity contribution in [1.29, 1.82) is 0 Å². The standard InChI is InChI=1S/C5H11FN2/c1-8-3-5(6,2-7)4-8/h2-4,7H2,1H3. The summed E-state index contributed by atoms with van der Waals surface area (Å²) in [7, 11) is 1.88. The molecule has 1 fully saturated rings. The monoisotopic (exact) mass is 118 g/mol. The van der Waals surface area contributed by atoms with Crippen molar-refractivity contribution in [3.05, 3.63) is 0 Å². The molecule has 0 aromatic heterocycles. The van der Waals surface area contributed by atoms with Crippen LogP contribution >= 0.6 is 0 Å². The van der Waals surface area contributed by atoms with E-state index in [9.17, 15) is 4.39 Å². The molecule has 0 atom stereocenters. The molecule has 0 amide bonds. The second-order valence-corrected chi connectivity index (χ2v) is 2.53. The molecular weight excluding hydrogens is 107 g/mol. The molecule has 8 heavy (non-hydrogen) atoms. The first-order valence-electron chi connectivity index (χ1n) is 2.74. The fraction of sp³-hybridized carbons (Fsp3) is 1.00. The SMILES string of the molecule is CN1CC(F)(CN)C1. The van der Waals surface area contributed by atoms with E-state index < -0.39 is 5.67 Å². The van der Waals surface area contributed by atoms with Crippen molar-refractivity contribution < 1.29 is 4.39 Å². The van der Waals surface area contributed by atoms with E-state index in [1.165, 1.54) is 0 Å². The van der Waals surface area contributed by atoms with Crippen molar-refractivity contribution in [2.75, 3.05) is 26.7 Å². The Kier molecular flexibility index (Phi) is 1.25. The smallest absolute Gasteiger partial charge is 0.148 e. The van der Waals surface area contributed by atoms with E-state index in [2.05, 4.69) is 0 Å². The van der Waals surface area contributed by atoms with Crippen LogP contribution in [0.25, 0.3) is 0 Å². The van der Waals surface area contributed by atoms with Gasteiger partial charge in [-0.25, -0.2) is 4.39 Å². The largest absolute Gasteiger partial charge is 0.327 e. The minimum Gasteiger partial charge on any atom is -0.327 e. The molecule has 0 aromatic carbocycles. The van der Waals surface area contributed by atoms with Gasteiger partial charge in [0.15, 0.2) is 0 Å². The van der Waals surface area contributed by atoms with Gasteiger partial charge in [0.2, 0.25) is 0 Å². The van der Waals surface area contributed by atoms with Crippen LogP contribution in [0.15, 0.2) is 0 Å². The summed E-state index contributed by atoms with van der Waals surface area (Å²) >= 11 is 0. The topological polar surface area (TPSA) is 29.3 Å². The molecule has 0 aromatic rings. The van der Waals surface area contributed by atoms with Gasteiger partial charge in [0.05, 0.1) is 0 Å². The van der Waals surface area contributed by atoms with Gasteiger partial charge in [0.1, 0.15) is 5.67 Å². The molecule has 0 saturated carbocycles. The predicted octanol–water partition coefficient (Wildman–Crippen LogP) is -0.401. The molecule has 1 aliphatic rings. The van der Waals surface area contributed by atoms with Crippen molar-refractivity contribution >= 4 is 0 Å². The molecule has 1 aliphatic heterocycles. The lowest BCUT2D eigenvalue weighted by Gasteiger charge is -2.41. The fourth-order valence-electron chi connectivity index (χ4n) is 1.05. The van der Waals surface area contributed by atoms with Crippen LogP contribution < -0.4 is 5.73 Å². The van der Waals surface area contributed by atoms with E-state index in [-0.39, 0.29) is 6.54 Å². The Balaban J connectivity index is 2.30. The fourth-order valence-corrected chi connectivity index (χ4v) is 1.05. The van der Waals surface area contributed by atoms with Gasteiger partial charge in [0, 0.05) is 19.6 Å². The van der Waals surface area contributed by atoms with Gasteiger partial charge in [-0.1, -0.05) is 0 Å². The molecule has 48 valence electrons. The Morgan fingerprint density at radius 2 is 2.25 bits per heavy atom. The zero-order valence-corrected chi connectivity index (χ0v) is 5.02. The van der Waals surface area contributed by atoms with E-state index in [0.717, 1.165) is 0 Å². The summed E-state index contributed by atoms with van der Waals surface area (Å²) in [5.74, 6) is 0. The highest BCUT2D eigenvalue weighted by atomic mass is 19.1. The number of rotatable bonds is 1. The third-order valence-corrected chi connectivity index (χ3v) is 1.47. The molecule has 0 aliphatic carbocycles. The summed E-state index contributed by atoms with van der Waals surface area (Å²) in [6.45, 7) is 1.17. The Bertz CT molecular complexity index is 88.4. The molecule has 0 radical (unpaired) electrons. The summed E-state index contributed by atoms with van der Waals surface area (Å²) in [5.41, 5.74) is 4.07. The molecule has 0 spiro atoms. The molecule has 3 heteroatoms. The lowest BCUT2D eigenvalue weighted by Crippen LogP contribution is -2.60. The zero-order chi connectivity index (χ0) is 6.20. The highest BCUT2D eigenvalue weighted by Gasteiger charge is 2.39. The maximum atomic E-state index is 12.7. The first-order chi connectivity index (χ1) is 3.66. The van der Waals surface area contributed by atoms with Crippen LogP contribution in [0.4, 0.5) is 4.39 Å². The van der Waals surface area contributed by atoms with Gasteiger partial charge in [-0.2, -0.15) is 0 Å². The van der Waals surface area contributed by atoms with Gasteiger partial charge >= 0.3 is 0 Å². The van der Waals surface area contributed by atoms with E-state index >= 15 is 0 Å². The summed E-state index contributed by atoms with van der Waals surface area (Å²) in [5, 5.41) is 0. The van der Waals surface area contributed by atoms with Crippen LogP contribution in [-0.4, -0.2) is 37.3 Å². The first-order valence-corrected chi connectivity index (χ1v) is 2.74. The second kappa shape index (κ2) is 1.67. The maximum absolute atomic E-state index is 12.7. The number of alkyl halides is 1. The lowest BCUT2D eigenvalue weighted by atomic mass is 9.98. The van der Waals surface area contributed by atoms with Crippen molar-refractivity contribution in [2.45, 2.75) is 5.67 Å². The third-order valence-electron chi connectivity index (χ3n) is 1.47. The highest BCUT2D eigenvalue weighted by Crippen LogP contribution is 2.21. The maximum Gasteiger partial charge on any atom is 0.148 e. The van der Waals surface area contributed by atoms with Gasteiger partial charge in [-0.3, -0.25) is 4.90 Å². The van der Waals surface area contributed by atoms with Gasteiger partial charge in [-0.05, 0) is 7.05 Å². The second-order valence-electron chi connectivity index (χ2n) is 2.53. The molecule has 1 rings (SSSR count). The lowest BCUT2D eigenvalue weighted by molar-refractivity contribution is -0.00715. The van der Waals surface area contributed by atoms with Gasteiger partial charge in [0.25, 0.3) is 0 Å². The number of likely N-dealkylation sites (tertiary alicyclic amines) is 1. The summed E-state index contributed by atoms with van der Waals surface area (Å²) < 4.78 is 12.7. The molecular formula is C5H11FN2. The zero-order valence-electron chi connectivity index (χ0n) is 5.02. The molecule has 0 bridgehead atoms. The summed E-state index contributed by atoms with van der Waals surface area (Å²) in [6, 6.07) is 0. The average Bonchev–Trinajstić information content (AvgIpc) is 1.63. The van der Waals surface area contributed by atoms with E-state index in [1.807, 2.05) is 11.9 Å². The van der Waals surface area contributed by atoms with Crippen LogP contribution in [0, 0.1) is 0 Å². The number of halogens is 1. The number of hydrogen-bond acceptors (Lipinski definition) is 2. The van der Waals surface area contributed by atoms with E-state index in [1.54, 1.807) is 0 Å². The minimum absolute atomic E-state index is 0.164. The van der Waals surface area contributed by atoms with Crippen LogP contribution in [0.3, 0.4) is 0 Å². The number of nitrogens with two attached hydrogens (primary N) is 1. The Morgan fingerprint density at radius 3 is 2.38 bits per heavy atom. The third kappa shape index (κ3) is 0.833. The van der Waals surface area contributed by atoms with Gasteiger partial charge < -0.3 is 5.73 Å². The van der Waals surface area contributed by atoms with E-state index in [4.69, 9.17) is 5.73 Å². The number of nitrogens with zero attached hydrogens (tertiary/aromatic N) is 1. The van der Waals surface area contributed by atoms with E-state index in [0.29, 0.717) is 13.1 Å². The molecule has 1 heterocycles. The highest BCUT2D eigenvalue weighted by molar-refractivity contribution is 4.94. The molecule has 1 saturated heterocycles.